The number of aromatic nitrogens is 2. The minimum absolute atomic E-state index is 0.101. The SMILES string of the molecule is COC(=O)NCC(=O)Nc1cc(-c2[nH]c3c(c2Nc2ccccc2)C(=O)CCC3)ccn1. The largest absolute Gasteiger partial charge is 0.453 e. The number of nitrogens with zero attached hydrogens (tertiary/aromatic N) is 1. The summed E-state index contributed by atoms with van der Waals surface area (Å²) in [5.74, 6) is -0.0176. The van der Waals surface area contributed by atoms with E-state index in [4.69, 9.17) is 0 Å². The Morgan fingerprint density at radius 3 is 2.75 bits per heavy atom. The molecular formula is C23H23N5O4. The molecule has 0 unspecified atom stereocenters. The summed E-state index contributed by atoms with van der Waals surface area (Å²) in [5.41, 5.74) is 4.67. The summed E-state index contributed by atoms with van der Waals surface area (Å²) in [4.78, 5) is 43.6. The lowest BCUT2D eigenvalue weighted by atomic mass is 9.95. The number of alkyl carbamates (subject to hydrolysis) is 1. The number of hydrogen-bond acceptors (Lipinski definition) is 6. The number of anilines is 3. The maximum absolute atomic E-state index is 12.7. The van der Waals surface area contributed by atoms with Crippen molar-refractivity contribution in [3.8, 4) is 11.3 Å². The highest BCUT2D eigenvalue weighted by atomic mass is 16.5. The molecule has 32 heavy (non-hydrogen) atoms. The molecule has 1 aliphatic rings. The van der Waals surface area contributed by atoms with Gasteiger partial charge in [0.25, 0.3) is 0 Å². The molecule has 1 aromatic carbocycles. The highest BCUT2D eigenvalue weighted by molar-refractivity contribution is 6.07. The quantitative estimate of drug-likeness (QED) is 0.470. The number of methoxy groups -OCH3 is 1. The van der Waals surface area contributed by atoms with Crippen molar-refractivity contribution in [2.24, 2.45) is 0 Å². The Kier molecular flexibility index (Phi) is 6.16. The van der Waals surface area contributed by atoms with Crippen molar-refractivity contribution in [2.75, 3.05) is 24.3 Å². The van der Waals surface area contributed by atoms with E-state index in [0.717, 1.165) is 35.5 Å². The Balaban J connectivity index is 1.64. The van der Waals surface area contributed by atoms with Gasteiger partial charge < -0.3 is 25.7 Å². The molecule has 1 aliphatic carbocycles. The molecule has 2 amide bonds. The minimum Gasteiger partial charge on any atom is -0.453 e. The molecule has 4 N–H and O–H groups in total. The van der Waals surface area contributed by atoms with Crippen LogP contribution in [0.2, 0.25) is 0 Å². The number of ether oxygens (including phenoxy) is 1. The van der Waals surface area contributed by atoms with Crippen molar-refractivity contribution >= 4 is 35.0 Å². The Hall–Kier alpha value is -4.14. The summed E-state index contributed by atoms with van der Waals surface area (Å²) in [6.45, 7) is -0.245. The van der Waals surface area contributed by atoms with Gasteiger partial charge in [-0.2, -0.15) is 0 Å². The van der Waals surface area contributed by atoms with Gasteiger partial charge >= 0.3 is 6.09 Å². The van der Waals surface area contributed by atoms with Crippen molar-refractivity contribution in [1.82, 2.24) is 15.3 Å². The van der Waals surface area contributed by atoms with Gasteiger partial charge in [-0.05, 0) is 37.1 Å². The minimum atomic E-state index is -0.694. The fourth-order valence-corrected chi connectivity index (χ4v) is 3.67. The molecule has 0 radical (unpaired) electrons. The monoisotopic (exact) mass is 433 g/mol. The van der Waals surface area contributed by atoms with Gasteiger partial charge in [0.05, 0.1) is 24.1 Å². The number of amides is 2. The van der Waals surface area contributed by atoms with E-state index in [2.05, 4.69) is 30.7 Å². The van der Waals surface area contributed by atoms with Crippen LogP contribution in [0.25, 0.3) is 11.3 Å². The van der Waals surface area contributed by atoms with E-state index in [1.807, 2.05) is 30.3 Å². The average molecular weight is 433 g/mol. The highest BCUT2D eigenvalue weighted by Gasteiger charge is 2.27. The van der Waals surface area contributed by atoms with Crippen LogP contribution in [-0.4, -0.2) is 41.4 Å². The second kappa shape index (κ2) is 9.34. The predicted octanol–water partition coefficient (Wildman–Crippen LogP) is 3.63. The molecule has 9 nitrogen and oxygen atoms in total. The van der Waals surface area contributed by atoms with Crippen LogP contribution in [0.15, 0.2) is 48.7 Å². The van der Waals surface area contributed by atoms with Gasteiger partial charge in [-0.1, -0.05) is 18.2 Å². The number of fused-ring (bicyclic) bond motifs is 1. The average Bonchev–Trinajstić information content (AvgIpc) is 3.18. The first-order valence-electron chi connectivity index (χ1n) is 10.2. The van der Waals surface area contributed by atoms with Gasteiger partial charge in [0.1, 0.15) is 12.4 Å². The molecular weight excluding hydrogens is 410 g/mol. The summed E-state index contributed by atoms with van der Waals surface area (Å²) in [5, 5.41) is 8.36. The van der Waals surface area contributed by atoms with Crippen molar-refractivity contribution in [2.45, 2.75) is 19.3 Å². The van der Waals surface area contributed by atoms with Gasteiger partial charge in [-0.3, -0.25) is 9.59 Å². The number of carbonyl (C=O) groups is 3. The maximum atomic E-state index is 12.7. The van der Waals surface area contributed by atoms with E-state index < -0.39 is 12.0 Å². The molecule has 0 spiro atoms. The third kappa shape index (κ3) is 4.61. The van der Waals surface area contributed by atoms with Crippen LogP contribution in [0.5, 0.6) is 0 Å². The molecule has 0 aliphatic heterocycles. The molecule has 0 saturated carbocycles. The van der Waals surface area contributed by atoms with Gasteiger partial charge in [-0.15, -0.1) is 0 Å². The van der Waals surface area contributed by atoms with Gasteiger partial charge in [0.15, 0.2) is 5.78 Å². The topological polar surface area (TPSA) is 125 Å². The van der Waals surface area contributed by atoms with E-state index in [0.29, 0.717) is 23.5 Å². The lowest BCUT2D eigenvalue weighted by Gasteiger charge is -2.14. The first-order chi connectivity index (χ1) is 15.5. The molecule has 164 valence electrons. The fraction of sp³-hybridized carbons (Fsp3) is 0.217. The van der Waals surface area contributed by atoms with Crippen LogP contribution < -0.4 is 16.0 Å². The van der Waals surface area contributed by atoms with E-state index in [1.165, 1.54) is 7.11 Å². The van der Waals surface area contributed by atoms with Crippen LogP contribution in [0, 0.1) is 0 Å². The lowest BCUT2D eigenvalue weighted by molar-refractivity contribution is -0.115. The number of hydrogen-bond donors (Lipinski definition) is 4. The molecule has 0 bridgehead atoms. The number of aryl methyl sites for hydroxylation is 1. The number of para-hydroxylation sites is 1. The second-order valence-corrected chi connectivity index (χ2v) is 7.32. The first-order valence-corrected chi connectivity index (χ1v) is 10.2. The number of aromatic amines is 1. The smallest absolute Gasteiger partial charge is 0.407 e. The first kappa shape index (κ1) is 21.1. The summed E-state index contributed by atoms with van der Waals surface area (Å²) in [7, 11) is 1.22. The second-order valence-electron chi connectivity index (χ2n) is 7.32. The molecule has 2 aromatic heterocycles. The number of benzene rings is 1. The van der Waals surface area contributed by atoms with Crippen molar-refractivity contribution in [1.29, 1.82) is 0 Å². The predicted molar refractivity (Wildman–Crippen MR) is 120 cm³/mol. The van der Waals surface area contributed by atoms with Crippen LogP contribution >= 0.6 is 0 Å². The summed E-state index contributed by atoms with van der Waals surface area (Å²) in [6, 6.07) is 13.2. The zero-order valence-electron chi connectivity index (χ0n) is 17.5. The van der Waals surface area contributed by atoms with Gasteiger partial charge in [0, 0.05) is 29.6 Å². The Labute approximate surface area is 184 Å². The Morgan fingerprint density at radius 2 is 1.97 bits per heavy atom. The number of rotatable bonds is 6. The third-order valence-corrected chi connectivity index (χ3v) is 5.13. The number of pyridine rings is 1. The summed E-state index contributed by atoms with van der Waals surface area (Å²) < 4.78 is 4.45. The molecule has 0 fully saturated rings. The number of carbonyl (C=O) groups excluding carboxylic acids is 3. The molecule has 0 atom stereocenters. The van der Waals surface area contributed by atoms with Crippen LogP contribution in [0.1, 0.15) is 28.9 Å². The van der Waals surface area contributed by atoms with E-state index in [1.54, 1.807) is 18.3 Å². The number of nitrogens with one attached hydrogen (secondary N) is 4. The summed E-state index contributed by atoms with van der Waals surface area (Å²) >= 11 is 0. The van der Waals surface area contributed by atoms with Crippen LogP contribution in [0.4, 0.5) is 22.0 Å². The van der Waals surface area contributed by atoms with Crippen molar-refractivity contribution in [3.05, 3.63) is 59.9 Å². The van der Waals surface area contributed by atoms with Gasteiger partial charge in [-0.25, -0.2) is 9.78 Å². The van der Waals surface area contributed by atoms with Crippen molar-refractivity contribution in [3.63, 3.8) is 0 Å². The zero-order valence-corrected chi connectivity index (χ0v) is 17.5. The number of Topliss-reactive ketones (excluding diaryl/α,β-unsaturated/α-hetero) is 1. The summed E-state index contributed by atoms with van der Waals surface area (Å²) in [6.07, 6.45) is 2.99. The lowest BCUT2D eigenvalue weighted by Crippen LogP contribution is -2.32. The normalized spacial score (nSPS) is 12.6. The molecule has 3 aromatic rings. The van der Waals surface area contributed by atoms with E-state index in [-0.39, 0.29) is 12.3 Å². The zero-order chi connectivity index (χ0) is 22.5. The van der Waals surface area contributed by atoms with Gasteiger partial charge in [0.2, 0.25) is 5.91 Å². The van der Waals surface area contributed by atoms with E-state index in [9.17, 15) is 14.4 Å². The maximum Gasteiger partial charge on any atom is 0.407 e. The standard InChI is InChI=1S/C23H23N5O4/c1-32-23(31)25-13-19(30)28-18-12-14(10-11-24-18)21-22(26-15-6-3-2-4-7-15)20-16(27-21)8-5-9-17(20)29/h2-4,6-7,10-12,26-27H,5,8-9,13H2,1H3,(H,25,31)(H,24,28,30). The number of ketones is 1. The van der Waals surface area contributed by atoms with Crippen LogP contribution in [-0.2, 0) is 16.0 Å². The number of H-pyrrole nitrogens is 1. The highest BCUT2D eigenvalue weighted by Crippen LogP contribution is 2.39. The van der Waals surface area contributed by atoms with Crippen molar-refractivity contribution < 1.29 is 19.1 Å². The Morgan fingerprint density at radius 1 is 1.16 bits per heavy atom. The Bertz CT molecular complexity index is 1160. The molecule has 9 heteroatoms. The third-order valence-electron chi connectivity index (χ3n) is 5.13. The van der Waals surface area contributed by atoms with Crippen LogP contribution in [0.3, 0.4) is 0 Å². The van der Waals surface area contributed by atoms with E-state index >= 15 is 0 Å². The molecule has 2 heterocycles. The molecule has 4 rings (SSSR count). The fourth-order valence-electron chi connectivity index (χ4n) is 3.67. The molecule has 0 saturated heterocycles.